The standard InChI is InChI=1S/C15H13F2N3S/c16-11-2-1-9(5-12(11)17)6-14(20-18)10-7-15-13(19-8-10)3-4-21-15/h1-5,7-8,14,20H,6,18H2. The van der Waals surface area contributed by atoms with Gasteiger partial charge in [0.1, 0.15) is 0 Å². The summed E-state index contributed by atoms with van der Waals surface area (Å²) in [6.07, 6.45) is 2.20. The van der Waals surface area contributed by atoms with Gasteiger partial charge in [-0.2, -0.15) is 0 Å². The maximum Gasteiger partial charge on any atom is 0.159 e. The SMILES string of the molecule is NNC(Cc1ccc(F)c(F)c1)c1cnc2ccsc2c1. The molecular weight excluding hydrogens is 292 g/mol. The van der Waals surface area contributed by atoms with Gasteiger partial charge in [0.15, 0.2) is 11.6 Å². The number of thiophene rings is 1. The van der Waals surface area contributed by atoms with Crippen LogP contribution in [0.1, 0.15) is 17.2 Å². The number of benzene rings is 1. The molecular formula is C15H13F2N3S. The molecule has 0 amide bonds. The van der Waals surface area contributed by atoms with Crippen LogP contribution in [0.15, 0.2) is 41.9 Å². The summed E-state index contributed by atoms with van der Waals surface area (Å²) < 4.78 is 27.3. The van der Waals surface area contributed by atoms with Gasteiger partial charge in [0.2, 0.25) is 0 Å². The second-order valence-electron chi connectivity index (χ2n) is 4.74. The number of hydrogen-bond acceptors (Lipinski definition) is 4. The van der Waals surface area contributed by atoms with E-state index in [-0.39, 0.29) is 6.04 Å². The third-order valence-electron chi connectivity index (χ3n) is 3.35. The molecule has 0 fully saturated rings. The largest absolute Gasteiger partial charge is 0.271 e. The molecule has 0 spiro atoms. The number of nitrogens with zero attached hydrogens (tertiary/aromatic N) is 1. The number of nitrogens with two attached hydrogens (primary N) is 1. The Balaban J connectivity index is 1.88. The molecule has 0 aliphatic heterocycles. The van der Waals surface area contributed by atoms with Crippen molar-refractivity contribution in [2.75, 3.05) is 0 Å². The number of pyridine rings is 1. The van der Waals surface area contributed by atoms with Crippen molar-refractivity contribution >= 4 is 21.6 Å². The van der Waals surface area contributed by atoms with E-state index in [2.05, 4.69) is 10.4 Å². The highest BCUT2D eigenvalue weighted by molar-refractivity contribution is 7.17. The number of halogens is 2. The summed E-state index contributed by atoms with van der Waals surface area (Å²) in [4.78, 5) is 4.36. The highest BCUT2D eigenvalue weighted by atomic mass is 32.1. The topological polar surface area (TPSA) is 50.9 Å². The van der Waals surface area contributed by atoms with E-state index in [4.69, 9.17) is 5.84 Å². The van der Waals surface area contributed by atoms with E-state index in [9.17, 15) is 8.78 Å². The van der Waals surface area contributed by atoms with Gasteiger partial charge in [0, 0.05) is 6.20 Å². The van der Waals surface area contributed by atoms with E-state index < -0.39 is 11.6 Å². The highest BCUT2D eigenvalue weighted by Gasteiger charge is 2.13. The number of rotatable bonds is 4. The lowest BCUT2D eigenvalue weighted by molar-refractivity contribution is 0.502. The molecule has 2 heterocycles. The summed E-state index contributed by atoms with van der Waals surface area (Å²) >= 11 is 1.60. The van der Waals surface area contributed by atoms with Gasteiger partial charge in [0.25, 0.3) is 0 Å². The molecule has 1 aromatic carbocycles. The first kappa shape index (κ1) is 14.1. The predicted octanol–water partition coefficient (Wildman–Crippen LogP) is 3.32. The fourth-order valence-corrected chi connectivity index (χ4v) is 3.02. The van der Waals surface area contributed by atoms with Gasteiger partial charge in [-0.1, -0.05) is 6.07 Å². The third kappa shape index (κ3) is 2.92. The number of hydrogen-bond donors (Lipinski definition) is 2. The Labute approximate surface area is 124 Å². The smallest absolute Gasteiger partial charge is 0.159 e. The number of fused-ring (bicyclic) bond motifs is 1. The summed E-state index contributed by atoms with van der Waals surface area (Å²) in [6.45, 7) is 0. The third-order valence-corrected chi connectivity index (χ3v) is 4.20. The highest BCUT2D eigenvalue weighted by Crippen LogP contribution is 2.24. The summed E-state index contributed by atoms with van der Waals surface area (Å²) in [5, 5.41) is 1.97. The minimum absolute atomic E-state index is 0.214. The van der Waals surface area contributed by atoms with Crippen molar-refractivity contribution in [3.8, 4) is 0 Å². The molecule has 0 aliphatic carbocycles. The lowest BCUT2D eigenvalue weighted by Crippen LogP contribution is -2.29. The zero-order valence-corrected chi connectivity index (χ0v) is 11.8. The van der Waals surface area contributed by atoms with Crippen molar-refractivity contribution in [1.82, 2.24) is 10.4 Å². The molecule has 0 radical (unpaired) electrons. The fraction of sp³-hybridized carbons (Fsp3) is 0.133. The Morgan fingerprint density at radius 3 is 2.81 bits per heavy atom. The molecule has 0 saturated heterocycles. The van der Waals surface area contributed by atoms with E-state index >= 15 is 0 Å². The molecule has 1 atom stereocenters. The summed E-state index contributed by atoms with van der Waals surface area (Å²) in [7, 11) is 0. The lowest BCUT2D eigenvalue weighted by Gasteiger charge is -2.16. The van der Waals surface area contributed by atoms with Crippen molar-refractivity contribution in [1.29, 1.82) is 0 Å². The minimum Gasteiger partial charge on any atom is -0.271 e. The van der Waals surface area contributed by atoms with Crippen LogP contribution in [-0.4, -0.2) is 4.98 Å². The van der Waals surface area contributed by atoms with Crippen LogP contribution in [0.25, 0.3) is 10.2 Å². The van der Waals surface area contributed by atoms with Gasteiger partial charge < -0.3 is 0 Å². The molecule has 3 N–H and O–H groups in total. The lowest BCUT2D eigenvalue weighted by atomic mass is 10.0. The Kier molecular flexibility index (Phi) is 3.92. The Hall–Kier alpha value is -1.89. The molecule has 3 rings (SSSR count). The number of hydrazine groups is 1. The molecule has 108 valence electrons. The first-order valence-electron chi connectivity index (χ1n) is 6.40. The van der Waals surface area contributed by atoms with Crippen LogP contribution in [0.4, 0.5) is 8.78 Å². The van der Waals surface area contributed by atoms with Crippen LogP contribution in [0.2, 0.25) is 0 Å². The normalized spacial score (nSPS) is 12.7. The molecule has 3 nitrogen and oxygen atoms in total. The van der Waals surface area contributed by atoms with Crippen LogP contribution in [0, 0.1) is 11.6 Å². The zero-order chi connectivity index (χ0) is 14.8. The quantitative estimate of drug-likeness (QED) is 0.574. The van der Waals surface area contributed by atoms with Gasteiger partial charge in [-0.15, -0.1) is 11.3 Å². The van der Waals surface area contributed by atoms with Gasteiger partial charge in [-0.3, -0.25) is 16.3 Å². The fourth-order valence-electron chi connectivity index (χ4n) is 2.23. The average molecular weight is 305 g/mol. The van der Waals surface area contributed by atoms with E-state index in [1.54, 1.807) is 23.6 Å². The van der Waals surface area contributed by atoms with Crippen molar-refractivity contribution in [2.45, 2.75) is 12.5 Å². The molecule has 1 unspecified atom stereocenters. The van der Waals surface area contributed by atoms with E-state index in [0.29, 0.717) is 12.0 Å². The predicted molar refractivity (Wildman–Crippen MR) is 79.7 cm³/mol. The molecule has 0 aliphatic rings. The Bertz CT molecular complexity index is 772. The molecule has 2 aromatic heterocycles. The van der Waals surface area contributed by atoms with Crippen LogP contribution in [0.5, 0.6) is 0 Å². The second kappa shape index (κ2) is 5.85. The van der Waals surface area contributed by atoms with E-state index in [0.717, 1.165) is 21.8 Å². The summed E-state index contributed by atoms with van der Waals surface area (Å²) in [5.74, 6) is 3.90. The maximum atomic E-state index is 13.3. The van der Waals surface area contributed by atoms with Gasteiger partial charge >= 0.3 is 0 Å². The number of nitrogens with one attached hydrogen (secondary N) is 1. The summed E-state index contributed by atoms with van der Waals surface area (Å²) in [5.41, 5.74) is 5.23. The molecule has 6 heteroatoms. The molecule has 3 aromatic rings. The van der Waals surface area contributed by atoms with Gasteiger partial charge in [-0.25, -0.2) is 8.78 Å². The average Bonchev–Trinajstić information content (AvgIpc) is 2.95. The van der Waals surface area contributed by atoms with Crippen molar-refractivity contribution in [3.63, 3.8) is 0 Å². The summed E-state index contributed by atoms with van der Waals surface area (Å²) in [6, 6.07) is 7.62. The van der Waals surface area contributed by atoms with Crippen molar-refractivity contribution < 1.29 is 8.78 Å². The Morgan fingerprint density at radius 1 is 1.19 bits per heavy atom. The van der Waals surface area contributed by atoms with Crippen LogP contribution in [0.3, 0.4) is 0 Å². The first-order valence-corrected chi connectivity index (χ1v) is 7.28. The van der Waals surface area contributed by atoms with Crippen molar-refractivity contribution in [3.05, 3.63) is 64.7 Å². The minimum atomic E-state index is -0.852. The van der Waals surface area contributed by atoms with Gasteiger partial charge in [0.05, 0.1) is 16.3 Å². The Morgan fingerprint density at radius 2 is 2.05 bits per heavy atom. The zero-order valence-electron chi connectivity index (χ0n) is 11.0. The molecule has 21 heavy (non-hydrogen) atoms. The monoisotopic (exact) mass is 305 g/mol. The first-order chi connectivity index (χ1) is 10.2. The van der Waals surface area contributed by atoms with Crippen LogP contribution in [-0.2, 0) is 6.42 Å². The second-order valence-corrected chi connectivity index (χ2v) is 5.69. The van der Waals surface area contributed by atoms with Gasteiger partial charge in [-0.05, 0) is 47.2 Å². The van der Waals surface area contributed by atoms with E-state index in [1.165, 1.54) is 6.07 Å². The maximum absolute atomic E-state index is 13.3. The van der Waals surface area contributed by atoms with Crippen LogP contribution >= 0.6 is 11.3 Å². The van der Waals surface area contributed by atoms with Crippen LogP contribution < -0.4 is 11.3 Å². The van der Waals surface area contributed by atoms with Crippen molar-refractivity contribution in [2.24, 2.45) is 5.84 Å². The number of aromatic nitrogens is 1. The van der Waals surface area contributed by atoms with E-state index in [1.807, 2.05) is 17.5 Å². The molecule has 0 bridgehead atoms. The molecule has 0 saturated carbocycles.